The average molecular weight is 254 g/mol. The molecule has 0 aliphatic carbocycles. The number of anilines is 1. The Morgan fingerprint density at radius 3 is 2.78 bits per heavy atom. The van der Waals surface area contributed by atoms with Gasteiger partial charge in [0.15, 0.2) is 0 Å². The lowest BCUT2D eigenvalue weighted by molar-refractivity contribution is -0.385. The molecule has 0 aliphatic heterocycles. The zero-order valence-electron chi connectivity index (χ0n) is 10.0. The van der Waals surface area contributed by atoms with E-state index in [1.54, 1.807) is 19.1 Å². The average Bonchev–Trinajstić information content (AvgIpc) is 2.36. The van der Waals surface area contributed by atoms with Crippen LogP contribution in [0.3, 0.4) is 0 Å². The van der Waals surface area contributed by atoms with Crippen LogP contribution in [-0.2, 0) is 9.53 Å². The Hall–Kier alpha value is -2.15. The normalized spacial score (nSPS) is 11.7. The zero-order valence-corrected chi connectivity index (χ0v) is 10.0. The standard InChI is InChI=1S/C11H14N2O5/c1-7-3-4-8(5-10(7)13(16)17)12-9(6-14)11(15)18-2/h3-5,9,12,14H,6H2,1-2H3. The van der Waals surface area contributed by atoms with Crippen molar-refractivity contribution in [2.24, 2.45) is 0 Å². The molecule has 0 aromatic heterocycles. The Bertz CT molecular complexity index is 461. The number of methoxy groups -OCH3 is 1. The number of benzene rings is 1. The minimum absolute atomic E-state index is 0.0541. The Kier molecular flexibility index (Phi) is 4.61. The van der Waals surface area contributed by atoms with E-state index >= 15 is 0 Å². The maximum absolute atomic E-state index is 11.3. The Labute approximate surface area is 104 Å². The highest BCUT2D eigenvalue weighted by Crippen LogP contribution is 2.22. The van der Waals surface area contributed by atoms with Crippen molar-refractivity contribution in [1.82, 2.24) is 0 Å². The quantitative estimate of drug-likeness (QED) is 0.459. The number of aryl methyl sites for hydroxylation is 1. The van der Waals surface area contributed by atoms with Gasteiger partial charge in [0.1, 0.15) is 6.04 Å². The van der Waals surface area contributed by atoms with Gasteiger partial charge in [0.05, 0.1) is 18.6 Å². The minimum atomic E-state index is -0.947. The summed E-state index contributed by atoms with van der Waals surface area (Å²) in [4.78, 5) is 21.5. The summed E-state index contributed by atoms with van der Waals surface area (Å²) in [5.41, 5.74) is 0.836. The predicted octanol–water partition coefficient (Wildman–Crippen LogP) is 0.849. The van der Waals surface area contributed by atoms with Crippen LogP contribution in [0, 0.1) is 17.0 Å². The topological polar surface area (TPSA) is 102 Å². The highest BCUT2D eigenvalue weighted by atomic mass is 16.6. The molecule has 0 amide bonds. The van der Waals surface area contributed by atoms with Crippen molar-refractivity contribution < 1.29 is 19.6 Å². The molecule has 1 aromatic rings. The number of nitro groups is 1. The first-order valence-corrected chi connectivity index (χ1v) is 5.20. The molecule has 1 unspecified atom stereocenters. The second-order valence-corrected chi connectivity index (χ2v) is 3.66. The van der Waals surface area contributed by atoms with E-state index in [0.29, 0.717) is 11.3 Å². The highest BCUT2D eigenvalue weighted by Gasteiger charge is 2.19. The van der Waals surface area contributed by atoms with Gasteiger partial charge in [-0.15, -0.1) is 0 Å². The first-order valence-electron chi connectivity index (χ1n) is 5.20. The SMILES string of the molecule is COC(=O)C(CO)Nc1ccc(C)c([N+](=O)[O-])c1. The maximum atomic E-state index is 11.3. The highest BCUT2D eigenvalue weighted by molar-refractivity contribution is 5.79. The van der Waals surface area contributed by atoms with Crippen molar-refractivity contribution in [3.8, 4) is 0 Å². The molecule has 98 valence electrons. The molecule has 0 heterocycles. The number of hydrogen-bond donors (Lipinski definition) is 2. The third-order valence-corrected chi connectivity index (χ3v) is 2.42. The van der Waals surface area contributed by atoms with Gasteiger partial charge in [0.2, 0.25) is 0 Å². The van der Waals surface area contributed by atoms with E-state index in [0.717, 1.165) is 0 Å². The van der Waals surface area contributed by atoms with Crippen LogP contribution >= 0.6 is 0 Å². The molecule has 0 saturated heterocycles. The van der Waals surface area contributed by atoms with Gasteiger partial charge in [-0.05, 0) is 13.0 Å². The number of nitrogens with one attached hydrogen (secondary N) is 1. The molecule has 0 fully saturated rings. The summed E-state index contributed by atoms with van der Waals surface area (Å²) in [5, 5.41) is 22.5. The molecule has 1 atom stereocenters. The lowest BCUT2D eigenvalue weighted by atomic mass is 10.1. The van der Waals surface area contributed by atoms with E-state index in [-0.39, 0.29) is 5.69 Å². The molecule has 0 saturated carbocycles. The van der Waals surface area contributed by atoms with Crippen LogP contribution < -0.4 is 5.32 Å². The second kappa shape index (κ2) is 5.97. The van der Waals surface area contributed by atoms with Crippen LogP contribution in [0.5, 0.6) is 0 Å². The van der Waals surface area contributed by atoms with E-state index in [1.165, 1.54) is 13.2 Å². The summed E-state index contributed by atoms with van der Waals surface area (Å²) in [5.74, 6) is -0.638. The number of ether oxygens (including phenoxy) is 1. The van der Waals surface area contributed by atoms with Gasteiger partial charge in [-0.2, -0.15) is 0 Å². The van der Waals surface area contributed by atoms with Crippen LogP contribution in [0.4, 0.5) is 11.4 Å². The van der Waals surface area contributed by atoms with Crippen molar-refractivity contribution in [3.05, 3.63) is 33.9 Å². The van der Waals surface area contributed by atoms with Gasteiger partial charge >= 0.3 is 5.97 Å². The van der Waals surface area contributed by atoms with Crippen molar-refractivity contribution in [3.63, 3.8) is 0 Å². The first-order chi connectivity index (χ1) is 8.49. The fourth-order valence-corrected chi connectivity index (χ4v) is 1.42. The Balaban J connectivity index is 2.94. The minimum Gasteiger partial charge on any atom is -0.467 e. The van der Waals surface area contributed by atoms with Crippen molar-refractivity contribution in [2.75, 3.05) is 19.0 Å². The number of hydrogen-bond acceptors (Lipinski definition) is 6. The van der Waals surface area contributed by atoms with Gasteiger partial charge in [0, 0.05) is 17.3 Å². The number of aliphatic hydroxyl groups is 1. The van der Waals surface area contributed by atoms with E-state index in [2.05, 4.69) is 10.1 Å². The summed E-state index contributed by atoms with van der Waals surface area (Å²) in [7, 11) is 1.20. The lowest BCUT2D eigenvalue weighted by Crippen LogP contribution is -2.34. The number of carbonyl (C=O) groups is 1. The fourth-order valence-electron chi connectivity index (χ4n) is 1.42. The van der Waals surface area contributed by atoms with Crippen molar-refractivity contribution in [2.45, 2.75) is 13.0 Å². The van der Waals surface area contributed by atoms with Crippen molar-refractivity contribution in [1.29, 1.82) is 0 Å². The number of nitrogens with zero attached hydrogens (tertiary/aromatic N) is 1. The monoisotopic (exact) mass is 254 g/mol. The van der Waals surface area contributed by atoms with Crippen LogP contribution in [0.25, 0.3) is 0 Å². The summed E-state index contributed by atoms with van der Waals surface area (Å²) in [6, 6.07) is 3.51. The molecule has 0 aliphatic rings. The predicted molar refractivity (Wildman–Crippen MR) is 64.3 cm³/mol. The third kappa shape index (κ3) is 3.17. The molecule has 1 rings (SSSR count). The number of nitro benzene ring substituents is 1. The van der Waals surface area contributed by atoms with Crippen molar-refractivity contribution >= 4 is 17.3 Å². The van der Waals surface area contributed by atoms with Gasteiger partial charge in [-0.1, -0.05) is 6.07 Å². The number of rotatable bonds is 5. The summed E-state index contributed by atoms with van der Waals surface area (Å²) in [6.45, 7) is 1.15. The molecule has 0 radical (unpaired) electrons. The summed E-state index contributed by atoms with van der Waals surface area (Å²) < 4.78 is 4.48. The molecule has 7 nitrogen and oxygen atoms in total. The van der Waals surface area contributed by atoms with E-state index in [1.807, 2.05) is 0 Å². The van der Waals surface area contributed by atoms with E-state index in [9.17, 15) is 14.9 Å². The Morgan fingerprint density at radius 2 is 2.28 bits per heavy atom. The maximum Gasteiger partial charge on any atom is 0.330 e. The fraction of sp³-hybridized carbons (Fsp3) is 0.364. The molecular weight excluding hydrogens is 240 g/mol. The summed E-state index contributed by atoms with van der Waals surface area (Å²) in [6.07, 6.45) is 0. The van der Waals surface area contributed by atoms with Gasteiger partial charge in [0.25, 0.3) is 5.69 Å². The lowest BCUT2D eigenvalue weighted by Gasteiger charge is -2.15. The Morgan fingerprint density at radius 1 is 1.61 bits per heavy atom. The molecule has 2 N–H and O–H groups in total. The zero-order chi connectivity index (χ0) is 13.7. The molecule has 0 spiro atoms. The molecule has 0 bridgehead atoms. The van der Waals surface area contributed by atoms with Crippen LogP contribution in [0.15, 0.2) is 18.2 Å². The van der Waals surface area contributed by atoms with Gasteiger partial charge in [-0.25, -0.2) is 4.79 Å². The number of carbonyl (C=O) groups excluding carboxylic acids is 1. The summed E-state index contributed by atoms with van der Waals surface area (Å²) >= 11 is 0. The van der Waals surface area contributed by atoms with E-state index < -0.39 is 23.5 Å². The van der Waals surface area contributed by atoms with Crippen LogP contribution in [0.1, 0.15) is 5.56 Å². The second-order valence-electron chi connectivity index (χ2n) is 3.66. The number of esters is 1. The molecule has 1 aromatic carbocycles. The molecular formula is C11H14N2O5. The van der Waals surface area contributed by atoms with Crippen LogP contribution in [0.2, 0.25) is 0 Å². The largest absolute Gasteiger partial charge is 0.467 e. The number of aliphatic hydroxyl groups excluding tert-OH is 1. The third-order valence-electron chi connectivity index (χ3n) is 2.42. The van der Waals surface area contributed by atoms with E-state index in [4.69, 9.17) is 5.11 Å². The van der Waals surface area contributed by atoms with Gasteiger partial charge in [-0.3, -0.25) is 10.1 Å². The molecule has 7 heteroatoms. The smallest absolute Gasteiger partial charge is 0.330 e. The van der Waals surface area contributed by atoms with Crippen LogP contribution in [-0.4, -0.2) is 35.8 Å². The van der Waals surface area contributed by atoms with Gasteiger partial charge < -0.3 is 15.2 Å². The molecule has 18 heavy (non-hydrogen) atoms. The first kappa shape index (κ1) is 13.9.